The summed E-state index contributed by atoms with van der Waals surface area (Å²) in [6.07, 6.45) is 3.06. The van der Waals surface area contributed by atoms with E-state index in [1.54, 1.807) is 0 Å². The van der Waals surface area contributed by atoms with Crippen molar-refractivity contribution in [2.75, 3.05) is 51.4 Å². The van der Waals surface area contributed by atoms with Crippen LogP contribution in [0, 0.1) is 0 Å². The fourth-order valence-electron chi connectivity index (χ4n) is 1.91. The first-order chi connectivity index (χ1) is 9.95. The molecule has 0 radical (unpaired) electrons. The zero-order chi connectivity index (χ0) is 15.8. The molecule has 0 unspecified atom stereocenters. The van der Waals surface area contributed by atoms with Gasteiger partial charge in [-0.25, -0.2) is 4.98 Å². The fraction of sp³-hybridized carbons (Fsp3) is 0.714. The molecule has 1 aromatic heterocycles. The molecule has 0 spiro atoms. The first-order valence-corrected chi connectivity index (χ1v) is 8.17. The second-order valence-electron chi connectivity index (χ2n) is 5.40. The Morgan fingerprint density at radius 2 is 2.00 bits per heavy atom. The summed E-state index contributed by atoms with van der Waals surface area (Å²) < 4.78 is 0. The third-order valence-electron chi connectivity index (χ3n) is 3.05. The Morgan fingerprint density at radius 1 is 1.29 bits per heavy atom. The molecule has 0 saturated carbocycles. The second kappa shape index (κ2) is 8.84. The number of carbonyl (C=O) groups excluding carboxylic acids is 1. The highest BCUT2D eigenvalue weighted by Gasteiger charge is 2.17. The van der Waals surface area contributed by atoms with Gasteiger partial charge in [-0.15, -0.1) is 0 Å². The second-order valence-corrected chi connectivity index (χ2v) is 6.38. The van der Waals surface area contributed by atoms with Crippen LogP contribution in [0.4, 0.5) is 10.9 Å². The van der Waals surface area contributed by atoms with Gasteiger partial charge >= 0.3 is 0 Å². The SMILES string of the molecule is CCCN(C)c1nc(N)c(C(=O)NCCCCN(C)C)s1. The maximum absolute atomic E-state index is 12.1. The molecule has 1 aromatic rings. The van der Waals surface area contributed by atoms with E-state index in [0.29, 0.717) is 17.2 Å². The van der Waals surface area contributed by atoms with Crippen molar-refractivity contribution in [3.63, 3.8) is 0 Å². The van der Waals surface area contributed by atoms with Crippen LogP contribution >= 0.6 is 11.3 Å². The molecule has 0 bridgehead atoms. The number of thiazole rings is 1. The van der Waals surface area contributed by atoms with Gasteiger partial charge in [-0.1, -0.05) is 18.3 Å². The van der Waals surface area contributed by atoms with Gasteiger partial charge in [0.2, 0.25) is 0 Å². The van der Waals surface area contributed by atoms with Crippen molar-refractivity contribution >= 4 is 28.2 Å². The van der Waals surface area contributed by atoms with Gasteiger partial charge in [0.25, 0.3) is 5.91 Å². The van der Waals surface area contributed by atoms with Crippen molar-refractivity contribution in [2.45, 2.75) is 26.2 Å². The van der Waals surface area contributed by atoms with E-state index in [4.69, 9.17) is 5.73 Å². The Balaban J connectivity index is 2.47. The predicted molar refractivity (Wildman–Crippen MR) is 90.2 cm³/mol. The van der Waals surface area contributed by atoms with Crippen LogP contribution in [0.2, 0.25) is 0 Å². The summed E-state index contributed by atoms with van der Waals surface area (Å²) in [7, 11) is 6.06. The van der Waals surface area contributed by atoms with Crippen molar-refractivity contribution < 1.29 is 4.79 Å². The molecule has 7 heteroatoms. The Hall–Kier alpha value is -1.34. The van der Waals surface area contributed by atoms with E-state index >= 15 is 0 Å². The topological polar surface area (TPSA) is 74.5 Å². The smallest absolute Gasteiger partial charge is 0.265 e. The minimum Gasteiger partial charge on any atom is -0.382 e. The van der Waals surface area contributed by atoms with Crippen LogP contribution in [-0.4, -0.2) is 56.6 Å². The molecule has 3 N–H and O–H groups in total. The van der Waals surface area contributed by atoms with Crippen molar-refractivity contribution in [1.29, 1.82) is 0 Å². The number of nitrogens with one attached hydrogen (secondary N) is 1. The van der Waals surface area contributed by atoms with Crippen LogP contribution in [0.3, 0.4) is 0 Å². The van der Waals surface area contributed by atoms with E-state index in [1.165, 1.54) is 11.3 Å². The summed E-state index contributed by atoms with van der Waals surface area (Å²) in [5, 5.41) is 3.71. The van der Waals surface area contributed by atoms with Crippen molar-refractivity contribution in [1.82, 2.24) is 15.2 Å². The average molecular weight is 313 g/mol. The lowest BCUT2D eigenvalue weighted by Crippen LogP contribution is -2.25. The summed E-state index contributed by atoms with van der Waals surface area (Å²) in [5.41, 5.74) is 5.85. The quantitative estimate of drug-likeness (QED) is 0.678. The third-order valence-corrected chi connectivity index (χ3v) is 4.24. The van der Waals surface area contributed by atoms with Crippen LogP contribution in [0.1, 0.15) is 35.9 Å². The van der Waals surface area contributed by atoms with E-state index in [9.17, 15) is 4.79 Å². The Morgan fingerprint density at radius 3 is 2.62 bits per heavy atom. The summed E-state index contributed by atoms with van der Waals surface area (Å²) in [5.74, 6) is 0.203. The molecule has 0 aliphatic rings. The average Bonchev–Trinajstić information content (AvgIpc) is 2.80. The third kappa shape index (κ3) is 5.89. The highest BCUT2D eigenvalue weighted by Crippen LogP contribution is 2.27. The minimum absolute atomic E-state index is 0.119. The molecule has 0 aromatic carbocycles. The minimum atomic E-state index is -0.119. The van der Waals surface area contributed by atoms with Gasteiger partial charge in [0.05, 0.1) is 0 Å². The maximum Gasteiger partial charge on any atom is 0.265 e. The van der Waals surface area contributed by atoms with Gasteiger partial charge < -0.3 is 20.9 Å². The molecule has 120 valence electrons. The number of nitrogen functional groups attached to an aromatic ring is 1. The number of carbonyl (C=O) groups is 1. The van der Waals surface area contributed by atoms with E-state index in [0.717, 1.165) is 37.5 Å². The number of anilines is 2. The summed E-state index contributed by atoms with van der Waals surface area (Å²) in [6, 6.07) is 0. The Kier molecular flexibility index (Phi) is 7.45. The van der Waals surface area contributed by atoms with Gasteiger partial charge in [-0.05, 0) is 39.9 Å². The van der Waals surface area contributed by atoms with Crippen molar-refractivity contribution in [3.05, 3.63) is 4.88 Å². The van der Waals surface area contributed by atoms with E-state index in [1.807, 2.05) is 26.0 Å². The van der Waals surface area contributed by atoms with E-state index in [2.05, 4.69) is 22.1 Å². The van der Waals surface area contributed by atoms with Crippen LogP contribution < -0.4 is 16.0 Å². The summed E-state index contributed by atoms with van der Waals surface area (Å²) in [4.78, 5) is 21.1. The highest BCUT2D eigenvalue weighted by atomic mass is 32.1. The molecule has 0 aliphatic heterocycles. The molecule has 1 heterocycles. The molecule has 0 saturated heterocycles. The van der Waals surface area contributed by atoms with Gasteiger partial charge in [0.15, 0.2) is 5.13 Å². The molecule has 6 nitrogen and oxygen atoms in total. The maximum atomic E-state index is 12.1. The van der Waals surface area contributed by atoms with Crippen molar-refractivity contribution in [2.24, 2.45) is 0 Å². The molecule has 21 heavy (non-hydrogen) atoms. The van der Waals surface area contributed by atoms with Gasteiger partial charge in [-0.3, -0.25) is 4.79 Å². The Bertz CT molecular complexity index is 447. The number of unbranched alkanes of at least 4 members (excludes halogenated alkanes) is 1. The predicted octanol–water partition coefficient (Wildman–Crippen LogP) is 1.64. The molecule has 0 atom stereocenters. The lowest BCUT2D eigenvalue weighted by Gasteiger charge is -2.13. The highest BCUT2D eigenvalue weighted by molar-refractivity contribution is 7.18. The van der Waals surface area contributed by atoms with Crippen LogP contribution in [0.25, 0.3) is 0 Å². The standard InChI is InChI=1S/C14H27N5OS/c1-5-9-19(4)14-17-12(15)11(21-14)13(20)16-8-6-7-10-18(2)3/h5-10,15H2,1-4H3,(H,16,20). The number of rotatable bonds is 9. The summed E-state index contributed by atoms with van der Waals surface area (Å²) >= 11 is 1.35. The molecular weight excluding hydrogens is 286 g/mol. The van der Waals surface area contributed by atoms with Crippen LogP contribution in [0.5, 0.6) is 0 Å². The number of aromatic nitrogens is 1. The molecule has 1 amide bonds. The number of amides is 1. The van der Waals surface area contributed by atoms with Crippen LogP contribution in [-0.2, 0) is 0 Å². The van der Waals surface area contributed by atoms with Crippen molar-refractivity contribution in [3.8, 4) is 0 Å². The largest absolute Gasteiger partial charge is 0.382 e. The van der Waals surface area contributed by atoms with Gasteiger partial charge in [-0.2, -0.15) is 0 Å². The first kappa shape index (κ1) is 17.7. The van der Waals surface area contributed by atoms with E-state index in [-0.39, 0.29) is 5.91 Å². The zero-order valence-corrected chi connectivity index (χ0v) is 14.3. The monoisotopic (exact) mass is 313 g/mol. The normalized spacial score (nSPS) is 10.9. The van der Waals surface area contributed by atoms with E-state index < -0.39 is 0 Å². The molecule has 0 aliphatic carbocycles. The fourth-order valence-corrected chi connectivity index (χ4v) is 2.80. The van der Waals surface area contributed by atoms with Gasteiger partial charge in [0, 0.05) is 20.1 Å². The number of hydrogen-bond acceptors (Lipinski definition) is 6. The lowest BCUT2D eigenvalue weighted by atomic mass is 10.3. The summed E-state index contributed by atoms with van der Waals surface area (Å²) in [6.45, 7) is 4.71. The zero-order valence-electron chi connectivity index (χ0n) is 13.5. The molecular formula is C14H27N5OS. The number of nitrogens with zero attached hydrogens (tertiary/aromatic N) is 3. The molecule has 1 rings (SSSR count). The van der Waals surface area contributed by atoms with Crippen LogP contribution in [0.15, 0.2) is 0 Å². The van der Waals surface area contributed by atoms with Gasteiger partial charge in [0.1, 0.15) is 10.7 Å². The number of nitrogens with two attached hydrogens (primary N) is 1. The molecule has 0 fully saturated rings. The lowest BCUT2D eigenvalue weighted by molar-refractivity contribution is 0.0957. The first-order valence-electron chi connectivity index (χ1n) is 7.36. The Labute approximate surface area is 131 Å². The number of hydrogen-bond donors (Lipinski definition) is 2.